The highest BCUT2D eigenvalue weighted by molar-refractivity contribution is 5.36. The van der Waals surface area contributed by atoms with Gasteiger partial charge in [-0.1, -0.05) is 36.8 Å². The molecule has 2 unspecified atom stereocenters. The van der Waals surface area contributed by atoms with Gasteiger partial charge in [0, 0.05) is 12.0 Å². The summed E-state index contributed by atoms with van der Waals surface area (Å²) in [6, 6.07) is 9.49. The van der Waals surface area contributed by atoms with Crippen molar-refractivity contribution in [2.45, 2.75) is 51.5 Å². The maximum absolute atomic E-state index is 4.09. The summed E-state index contributed by atoms with van der Waals surface area (Å²) in [5.41, 5.74) is 4.40. The minimum Gasteiger partial charge on any atom is -0.313 e. The molecule has 0 saturated carbocycles. The molecule has 0 aliphatic heterocycles. The van der Waals surface area contributed by atoms with Gasteiger partial charge in [-0.3, -0.25) is 0 Å². The Kier molecular flexibility index (Phi) is 4.60. The molecule has 0 aromatic heterocycles. The van der Waals surface area contributed by atoms with Gasteiger partial charge in [0.15, 0.2) is 0 Å². The summed E-state index contributed by atoms with van der Waals surface area (Å²) in [5.74, 6) is 0.671. The highest BCUT2D eigenvalue weighted by atomic mass is 14.9. The van der Waals surface area contributed by atoms with Crippen LogP contribution < -0.4 is 5.32 Å². The lowest BCUT2D eigenvalue weighted by Gasteiger charge is -2.26. The predicted molar refractivity (Wildman–Crippen MR) is 79.0 cm³/mol. The lowest BCUT2D eigenvalue weighted by Crippen LogP contribution is -2.35. The predicted octanol–water partition coefficient (Wildman–Crippen LogP) is 4.05. The van der Waals surface area contributed by atoms with Crippen LogP contribution >= 0.6 is 0 Å². The first-order chi connectivity index (χ1) is 8.72. The van der Waals surface area contributed by atoms with Crippen molar-refractivity contribution in [1.29, 1.82) is 0 Å². The summed E-state index contributed by atoms with van der Waals surface area (Å²) in [4.78, 5) is 0. The molecule has 0 saturated heterocycles. The number of hydrogen-bond acceptors (Lipinski definition) is 1. The molecule has 2 rings (SSSR count). The van der Waals surface area contributed by atoms with Gasteiger partial charge in [-0.2, -0.15) is 0 Å². The molecular formula is C17H25N. The molecule has 0 spiro atoms. The molecule has 1 nitrogen and oxygen atoms in total. The van der Waals surface area contributed by atoms with E-state index in [-0.39, 0.29) is 0 Å². The molecule has 1 N–H and O–H groups in total. The molecule has 0 amide bonds. The Labute approximate surface area is 111 Å². The van der Waals surface area contributed by atoms with E-state index in [1.807, 2.05) is 0 Å². The summed E-state index contributed by atoms with van der Waals surface area (Å²) in [5, 5.41) is 3.72. The van der Waals surface area contributed by atoms with Gasteiger partial charge in [-0.05, 0) is 50.3 Å². The summed E-state index contributed by atoms with van der Waals surface area (Å²) in [6.45, 7) is 9.57. The molecule has 0 fully saturated rings. The van der Waals surface area contributed by atoms with Crippen LogP contribution in [0.1, 0.15) is 50.2 Å². The van der Waals surface area contributed by atoms with Gasteiger partial charge in [0.1, 0.15) is 0 Å². The molecule has 0 bridgehead atoms. The number of fused-ring (bicyclic) bond motifs is 1. The molecule has 0 radical (unpaired) electrons. The molecule has 1 aromatic rings. The van der Waals surface area contributed by atoms with Gasteiger partial charge < -0.3 is 5.32 Å². The zero-order valence-electron chi connectivity index (χ0n) is 11.7. The monoisotopic (exact) mass is 243 g/mol. The molecule has 1 aliphatic carbocycles. The Bertz CT molecular complexity index is 408. The lowest BCUT2D eigenvalue weighted by atomic mass is 9.89. The fourth-order valence-electron chi connectivity index (χ4n) is 3.07. The van der Waals surface area contributed by atoms with E-state index in [0.717, 1.165) is 13.0 Å². The fraction of sp³-hybridized carbons (Fsp3) is 0.529. The summed E-state index contributed by atoms with van der Waals surface area (Å²) in [6.07, 6.45) is 4.81. The SMILES string of the molecule is C=C(C)CC(NCCC)C1CCc2ccccc21. The highest BCUT2D eigenvalue weighted by Gasteiger charge is 2.28. The van der Waals surface area contributed by atoms with E-state index in [0.29, 0.717) is 12.0 Å². The van der Waals surface area contributed by atoms with Gasteiger partial charge in [0.2, 0.25) is 0 Å². The van der Waals surface area contributed by atoms with Crippen molar-refractivity contribution in [2.24, 2.45) is 0 Å². The van der Waals surface area contributed by atoms with Crippen molar-refractivity contribution in [3.05, 3.63) is 47.5 Å². The average molecular weight is 243 g/mol. The molecule has 1 aliphatic rings. The maximum atomic E-state index is 4.09. The second kappa shape index (κ2) is 6.19. The molecule has 2 atom stereocenters. The van der Waals surface area contributed by atoms with Gasteiger partial charge in [0.05, 0.1) is 0 Å². The van der Waals surface area contributed by atoms with E-state index in [2.05, 4.69) is 50.0 Å². The summed E-state index contributed by atoms with van der Waals surface area (Å²) in [7, 11) is 0. The average Bonchev–Trinajstić information content (AvgIpc) is 2.78. The van der Waals surface area contributed by atoms with Gasteiger partial charge in [-0.25, -0.2) is 0 Å². The third kappa shape index (κ3) is 3.02. The quantitative estimate of drug-likeness (QED) is 0.743. The van der Waals surface area contributed by atoms with Crippen LogP contribution in [0.5, 0.6) is 0 Å². The van der Waals surface area contributed by atoms with E-state index in [4.69, 9.17) is 0 Å². The molecule has 98 valence electrons. The van der Waals surface area contributed by atoms with Crippen LogP contribution in [0.15, 0.2) is 36.4 Å². The third-order valence-electron chi connectivity index (χ3n) is 3.89. The highest BCUT2D eigenvalue weighted by Crippen LogP contribution is 2.36. The Morgan fingerprint density at radius 3 is 2.94 bits per heavy atom. The van der Waals surface area contributed by atoms with Crippen molar-refractivity contribution in [3.63, 3.8) is 0 Å². The van der Waals surface area contributed by atoms with Crippen molar-refractivity contribution in [1.82, 2.24) is 5.32 Å². The van der Waals surface area contributed by atoms with Crippen molar-refractivity contribution in [2.75, 3.05) is 6.54 Å². The first-order valence-corrected chi connectivity index (χ1v) is 7.18. The third-order valence-corrected chi connectivity index (χ3v) is 3.89. The zero-order valence-corrected chi connectivity index (χ0v) is 11.7. The van der Waals surface area contributed by atoms with Crippen molar-refractivity contribution >= 4 is 0 Å². The standard InChI is InChI=1S/C17H25N/c1-4-11-18-17(12-13(2)3)16-10-9-14-7-5-6-8-15(14)16/h5-8,16-18H,2,4,9-12H2,1,3H3. The van der Waals surface area contributed by atoms with Crippen LogP contribution in [0.25, 0.3) is 0 Å². The maximum Gasteiger partial charge on any atom is 0.0173 e. The minimum absolute atomic E-state index is 0.561. The van der Waals surface area contributed by atoms with Crippen LogP contribution in [0.2, 0.25) is 0 Å². The first kappa shape index (κ1) is 13.4. The first-order valence-electron chi connectivity index (χ1n) is 7.18. The number of aryl methyl sites for hydroxylation is 1. The van der Waals surface area contributed by atoms with Gasteiger partial charge in [-0.15, -0.1) is 6.58 Å². The Balaban J connectivity index is 2.14. The number of benzene rings is 1. The number of rotatable bonds is 6. The van der Waals surface area contributed by atoms with Crippen LogP contribution in [0, 0.1) is 0 Å². The second-order valence-corrected chi connectivity index (χ2v) is 5.57. The molecular weight excluding hydrogens is 218 g/mol. The summed E-state index contributed by atoms with van der Waals surface area (Å²) >= 11 is 0. The Morgan fingerprint density at radius 1 is 1.44 bits per heavy atom. The van der Waals surface area contributed by atoms with E-state index in [1.54, 1.807) is 11.1 Å². The van der Waals surface area contributed by atoms with Crippen LogP contribution in [-0.2, 0) is 6.42 Å². The molecule has 1 heteroatoms. The Morgan fingerprint density at radius 2 is 2.22 bits per heavy atom. The van der Waals surface area contributed by atoms with E-state index in [1.165, 1.54) is 24.8 Å². The topological polar surface area (TPSA) is 12.0 Å². The normalized spacial score (nSPS) is 19.6. The van der Waals surface area contributed by atoms with E-state index in [9.17, 15) is 0 Å². The van der Waals surface area contributed by atoms with E-state index >= 15 is 0 Å². The lowest BCUT2D eigenvalue weighted by molar-refractivity contribution is 0.425. The van der Waals surface area contributed by atoms with Crippen molar-refractivity contribution < 1.29 is 0 Å². The fourth-order valence-corrected chi connectivity index (χ4v) is 3.07. The molecule has 0 heterocycles. The Hall–Kier alpha value is -1.08. The van der Waals surface area contributed by atoms with Gasteiger partial charge >= 0.3 is 0 Å². The largest absolute Gasteiger partial charge is 0.313 e. The van der Waals surface area contributed by atoms with Crippen LogP contribution in [0.3, 0.4) is 0 Å². The smallest absolute Gasteiger partial charge is 0.0173 e. The molecule has 1 aromatic carbocycles. The van der Waals surface area contributed by atoms with Crippen molar-refractivity contribution in [3.8, 4) is 0 Å². The second-order valence-electron chi connectivity index (χ2n) is 5.57. The van der Waals surface area contributed by atoms with E-state index < -0.39 is 0 Å². The number of hydrogen-bond donors (Lipinski definition) is 1. The zero-order chi connectivity index (χ0) is 13.0. The van der Waals surface area contributed by atoms with Crippen LogP contribution in [-0.4, -0.2) is 12.6 Å². The van der Waals surface area contributed by atoms with Crippen LogP contribution in [0.4, 0.5) is 0 Å². The number of nitrogens with one attached hydrogen (secondary N) is 1. The minimum atomic E-state index is 0.561. The summed E-state index contributed by atoms with van der Waals surface area (Å²) < 4.78 is 0. The molecule has 18 heavy (non-hydrogen) atoms. The van der Waals surface area contributed by atoms with Gasteiger partial charge in [0.25, 0.3) is 0 Å².